The third kappa shape index (κ3) is 3.18. The molecule has 0 bridgehead atoms. The highest BCUT2D eigenvalue weighted by Crippen LogP contribution is 2.12. The summed E-state index contributed by atoms with van der Waals surface area (Å²) in [5, 5.41) is 15.0. The van der Waals surface area contributed by atoms with Gasteiger partial charge in [0.05, 0.1) is 10.7 Å². The lowest BCUT2D eigenvalue weighted by Crippen LogP contribution is -2.18. The fourth-order valence-corrected chi connectivity index (χ4v) is 2.86. The Hall–Kier alpha value is -1.60. The van der Waals surface area contributed by atoms with Crippen LogP contribution in [0.4, 0.5) is 5.69 Å². The van der Waals surface area contributed by atoms with Crippen LogP contribution in [-0.4, -0.2) is 26.3 Å². The van der Waals surface area contributed by atoms with Gasteiger partial charge in [0.25, 0.3) is 5.69 Å². The maximum atomic E-state index is 10.9. The van der Waals surface area contributed by atoms with Gasteiger partial charge in [0, 0.05) is 17.5 Å². The van der Waals surface area contributed by atoms with E-state index in [-0.39, 0.29) is 11.6 Å². The predicted molar refractivity (Wildman–Crippen MR) is 71.5 cm³/mol. The van der Waals surface area contributed by atoms with E-state index in [1.807, 2.05) is 5.37 Å². The molecule has 1 saturated heterocycles. The van der Waals surface area contributed by atoms with E-state index in [9.17, 15) is 14.9 Å². The third-order valence-corrected chi connectivity index (χ3v) is 4.10. The zero-order valence-corrected chi connectivity index (χ0v) is 10.2. The average Bonchev–Trinajstić information content (AvgIpc) is 2.73. The molecule has 1 aliphatic heterocycles. The number of thioether (sulfide) groups is 1. The van der Waals surface area contributed by atoms with Gasteiger partial charge in [0.1, 0.15) is 4.32 Å². The Morgan fingerprint density at radius 1 is 1.41 bits per heavy atom. The molecule has 1 amide bonds. The first kappa shape index (κ1) is 11.9. The number of hydrogen-bond donors (Lipinski definition) is 1. The summed E-state index contributed by atoms with van der Waals surface area (Å²) in [6.07, 6.45) is 0. The lowest BCUT2D eigenvalue weighted by atomic mass is 10.2. The van der Waals surface area contributed by atoms with Gasteiger partial charge in [0.15, 0.2) is 0 Å². The fourth-order valence-electron chi connectivity index (χ4n) is 1.18. The number of rotatable bonds is 2. The molecule has 17 heavy (non-hydrogen) atoms. The molecule has 1 heterocycles. The van der Waals surface area contributed by atoms with Gasteiger partial charge in [-0.15, -0.1) is 10.9 Å². The molecular weight excluding hydrogens is 260 g/mol. The number of hydrogen-bond acceptors (Lipinski definition) is 4. The SMILES string of the molecule is O=C1CSC(=S=Cc2ccc([N+](=O)[O-])cc2)N1. The van der Waals surface area contributed by atoms with Gasteiger partial charge < -0.3 is 5.32 Å². The van der Waals surface area contributed by atoms with E-state index in [4.69, 9.17) is 0 Å². The molecule has 5 nitrogen and oxygen atoms in total. The molecule has 1 aromatic rings. The second-order valence-corrected chi connectivity index (χ2v) is 5.33. The van der Waals surface area contributed by atoms with Gasteiger partial charge in [-0.3, -0.25) is 14.9 Å². The van der Waals surface area contributed by atoms with Gasteiger partial charge in [-0.25, -0.2) is 0 Å². The first-order valence-corrected chi connectivity index (χ1v) is 6.55. The Morgan fingerprint density at radius 2 is 2.12 bits per heavy atom. The number of nitro groups is 1. The molecule has 1 aliphatic rings. The van der Waals surface area contributed by atoms with E-state index in [2.05, 4.69) is 5.32 Å². The van der Waals surface area contributed by atoms with Crippen molar-refractivity contribution < 1.29 is 9.72 Å². The molecule has 2 rings (SSSR count). The molecule has 0 aromatic heterocycles. The molecule has 0 atom stereocenters. The van der Waals surface area contributed by atoms with Crippen molar-refractivity contribution in [1.82, 2.24) is 5.32 Å². The van der Waals surface area contributed by atoms with E-state index < -0.39 is 4.92 Å². The summed E-state index contributed by atoms with van der Waals surface area (Å²) in [6.45, 7) is 0. The minimum atomic E-state index is -0.432. The van der Waals surface area contributed by atoms with Crippen molar-refractivity contribution in [2.24, 2.45) is 0 Å². The monoisotopic (exact) mass is 268 g/mol. The number of carbonyl (C=O) groups excluding carboxylic acids is 1. The predicted octanol–water partition coefficient (Wildman–Crippen LogP) is 1.43. The summed E-state index contributed by atoms with van der Waals surface area (Å²) < 4.78 is 0.841. The third-order valence-electron chi connectivity index (χ3n) is 1.98. The van der Waals surface area contributed by atoms with E-state index >= 15 is 0 Å². The van der Waals surface area contributed by atoms with Crippen LogP contribution in [0.5, 0.6) is 0 Å². The number of nitrogens with zero attached hydrogens (tertiary/aromatic N) is 1. The molecule has 0 saturated carbocycles. The summed E-state index contributed by atoms with van der Waals surface area (Å²) in [5.74, 6) is 0.464. The first-order valence-electron chi connectivity index (χ1n) is 4.69. The molecule has 88 valence electrons. The van der Waals surface area contributed by atoms with Crippen molar-refractivity contribution in [3.05, 3.63) is 39.9 Å². The van der Waals surface area contributed by atoms with Crippen LogP contribution in [-0.2, 0) is 4.79 Å². The van der Waals surface area contributed by atoms with Crippen molar-refractivity contribution >= 4 is 44.0 Å². The molecule has 0 spiro atoms. The quantitative estimate of drug-likeness (QED) is 0.500. The van der Waals surface area contributed by atoms with Gasteiger partial charge in [-0.1, -0.05) is 11.8 Å². The largest absolute Gasteiger partial charge is 0.312 e. The summed E-state index contributed by atoms with van der Waals surface area (Å²) in [4.78, 5) is 20.9. The summed E-state index contributed by atoms with van der Waals surface area (Å²) in [7, 11) is 1.41. The Balaban J connectivity index is 2.16. The van der Waals surface area contributed by atoms with Crippen LogP contribution in [0.25, 0.3) is 0 Å². The zero-order chi connectivity index (χ0) is 12.3. The van der Waals surface area contributed by atoms with Gasteiger partial charge in [-0.2, -0.15) is 0 Å². The maximum Gasteiger partial charge on any atom is 0.269 e. The highest BCUT2D eigenvalue weighted by Gasteiger charge is 2.13. The van der Waals surface area contributed by atoms with E-state index in [0.29, 0.717) is 5.75 Å². The van der Waals surface area contributed by atoms with Crippen LogP contribution in [0.15, 0.2) is 24.3 Å². The number of nitrogens with one attached hydrogen (secondary N) is 1. The van der Waals surface area contributed by atoms with Crippen LogP contribution in [0.3, 0.4) is 0 Å². The van der Waals surface area contributed by atoms with Crippen molar-refractivity contribution in [2.45, 2.75) is 0 Å². The number of carbonyl (C=O) groups is 1. The Bertz CT molecular complexity index is 533. The number of amides is 1. The lowest BCUT2D eigenvalue weighted by molar-refractivity contribution is -0.384. The fraction of sp³-hybridized carbons (Fsp3) is 0.100. The summed E-state index contributed by atoms with van der Waals surface area (Å²) >= 11 is 1.46. The molecule has 7 heteroatoms. The Morgan fingerprint density at radius 3 is 2.65 bits per heavy atom. The van der Waals surface area contributed by atoms with E-state index in [1.54, 1.807) is 12.1 Å². The average molecular weight is 268 g/mol. The van der Waals surface area contributed by atoms with Crippen molar-refractivity contribution in [1.29, 1.82) is 0 Å². The van der Waals surface area contributed by atoms with Crippen LogP contribution in [0.2, 0.25) is 0 Å². The topological polar surface area (TPSA) is 72.2 Å². The second-order valence-electron chi connectivity index (χ2n) is 3.21. The van der Waals surface area contributed by atoms with Gasteiger partial charge >= 0.3 is 0 Å². The summed E-state index contributed by atoms with van der Waals surface area (Å²) in [6, 6.07) is 6.26. The minimum absolute atomic E-state index is 0.00889. The van der Waals surface area contributed by atoms with E-state index in [1.165, 1.54) is 34.8 Å². The first-order chi connectivity index (χ1) is 8.15. The highest BCUT2D eigenvalue weighted by atomic mass is 32.2. The standard InChI is InChI=1S/C10H8N2O3S2/c13-9-6-17-10(11-9)16-5-7-1-3-8(4-2-7)12(14)15/h1-5H,6H2,(H,11,13). The lowest BCUT2D eigenvalue weighted by Gasteiger charge is -1.92. The minimum Gasteiger partial charge on any atom is -0.312 e. The van der Waals surface area contributed by atoms with Crippen molar-refractivity contribution in [3.63, 3.8) is 0 Å². The smallest absolute Gasteiger partial charge is 0.269 e. The van der Waals surface area contributed by atoms with Gasteiger partial charge in [-0.05, 0) is 17.7 Å². The Labute approximate surface area is 105 Å². The van der Waals surface area contributed by atoms with Gasteiger partial charge in [0.2, 0.25) is 5.91 Å². The maximum absolute atomic E-state index is 10.9. The number of benzene rings is 1. The van der Waals surface area contributed by atoms with Crippen LogP contribution in [0, 0.1) is 10.1 Å². The zero-order valence-electron chi connectivity index (χ0n) is 8.58. The molecule has 1 fully saturated rings. The molecule has 0 aliphatic carbocycles. The van der Waals surface area contributed by atoms with Crippen LogP contribution < -0.4 is 5.32 Å². The number of nitro benzene ring substituents is 1. The van der Waals surface area contributed by atoms with Crippen molar-refractivity contribution in [2.75, 3.05) is 5.75 Å². The van der Waals surface area contributed by atoms with Crippen LogP contribution in [0.1, 0.15) is 5.56 Å². The normalized spacial score (nSPS) is 14.4. The Kier molecular flexibility index (Phi) is 3.60. The molecular formula is C10H8N2O3S2. The molecule has 1 N–H and O–H groups in total. The van der Waals surface area contributed by atoms with Crippen LogP contribution >= 0.6 is 22.7 Å². The molecule has 0 radical (unpaired) electrons. The molecule has 1 aromatic carbocycles. The van der Waals surface area contributed by atoms with Crippen molar-refractivity contribution in [3.8, 4) is 0 Å². The summed E-state index contributed by atoms with van der Waals surface area (Å²) in [5.41, 5.74) is 0.943. The van der Waals surface area contributed by atoms with E-state index in [0.717, 1.165) is 9.88 Å². The second kappa shape index (κ2) is 5.15. The molecule has 0 unspecified atom stereocenters. The highest BCUT2D eigenvalue weighted by molar-refractivity contribution is 8.27. The number of non-ortho nitro benzene ring substituents is 1.